The van der Waals surface area contributed by atoms with E-state index in [0.29, 0.717) is 17.4 Å². The molecule has 1 spiro atoms. The average Bonchev–Trinajstić information content (AvgIpc) is 3.10. The molecule has 1 aromatic carbocycles. The molecule has 1 aromatic rings. The first kappa shape index (κ1) is 12.5. The summed E-state index contributed by atoms with van der Waals surface area (Å²) >= 11 is 0. The van der Waals surface area contributed by atoms with Crippen LogP contribution in [0.5, 0.6) is 0 Å². The fraction of sp³-hybridized carbons (Fsp3) is 0.278. The van der Waals surface area contributed by atoms with Gasteiger partial charge in [-0.2, -0.15) is 0 Å². The van der Waals surface area contributed by atoms with Gasteiger partial charge in [-0.3, -0.25) is 0 Å². The molecule has 0 aliphatic heterocycles. The third-order valence-corrected chi connectivity index (χ3v) is 4.92. The molecule has 0 aromatic heterocycles. The van der Waals surface area contributed by atoms with E-state index in [2.05, 4.69) is 30.4 Å². The summed E-state index contributed by atoms with van der Waals surface area (Å²) in [4.78, 5) is 12.3. The molecule has 2 atom stereocenters. The van der Waals surface area contributed by atoms with Gasteiger partial charge in [0.15, 0.2) is 0 Å². The predicted molar refractivity (Wildman–Crippen MR) is 79.3 cm³/mol. The summed E-state index contributed by atoms with van der Waals surface area (Å²) in [5, 5.41) is 0. The van der Waals surface area contributed by atoms with Crippen molar-refractivity contribution in [3.05, 3.63) is 65.5 Å². The lowest BCUT2D eigenvalue weighted by Crippen LogP contribution is -2.14. The van der Waals surface area contributed by atoms with E-state index < -0.39 is 0 Å². The number of ether oxygens (including phenoxy) is 2. The third kappa shape index (κ3) is 1.31. The van der Waals surface area contributed by atoms with Crippen molar-refractivity contribution in [3.63, 3.8) is 0 Å². The third-order valence-electron chi connectivity index (χ3n) is 4.92. The minimum absolute atomic E-state index is 0.224. The SMILES string of the molecule is COC(=O)C1=C(OC)C2(c3ccccc31)C1C=CC=CC12. The topological polar surface area (TPSA) is 35.5 Å². The molecule has 1 saturated carbocycles. The molecule has 21 heavy (non-hydrogen) atoms. The Balaban J connectivity index is 2.00. The summed E-state index contributed by atoms with van der Waals surface area (Å²) in [6.45, 7) is 0. The van der Waals surface area contributed by atoms with Crippen LogP contribution in [-0.4, -0.2) is 20.2 Å². The molecule has 3 heteroatoms. The Hall–Kier alpha value is -2.29. The summed E-state index contributed by atoms with van der Waals surface area (Å²) in [6, 6.07) is 8.05. The molecular formula is C18H16O3. The number of rotatable bonds is 2. The van der Waals surface area contributed by atoms with E-state index >= 15 is 0 Å². The van der Waals surface area contributed by atoms with Gasteiger partial charge in [0.05, 0.1) is 19.6 Å². The van der Waals surface area contributed by atoms with Gasteiger partial charge in [-0.05, 0) is 11.1 Å². The van der Waals surface area contributed by atoms with E-state index in [-0.39, 0.29) is 11.4 Å². The lowest BCUT2D eigenvalue weighted by Gasteiger charge is -2.16. The lowest BCUT2D eigenvalue weighted by atomic mass is 9.92. The molecule has 0 heterocycles. The zero-order valence-electron chi connectivity index (χ0n) is 12.0. The number of hydrogen-bond donors (Lipinski definition) is 0. The Kier molecular flexibility index (Phi) is 2.43. The molecule has 1 fully saturated rings. The van der Waals surface area contributed by atoms with Crippen LogP contribution in [0, 0.1) is 11.8 Å². The fourth-order valence-electron chi connectivity index (χ4n) is 4.10. The Bertz CT molecular complexity index is 706. The molecular weight excluding hydrogens is 264 g/mol. The van der Waals surface area contributed by atoms with Crippen molar-refractivity contribution < 1.29 is 14.3 Å². The van der Waals surface area contributed by atoms with E-state index in [1.807, 2.05) is 18.2 Å². The van der Waals surface area contributed by atoms with Crippen molar-refractivity contribution >= 4 is 11.5 Å². The van der Waals surface area contributed by atoms with Crippen LogP contribution in [0.25, 0.3) is 5.57 Å². The van der Waals surface area contributed by atoms with Crippen LogP contribution in [0.2, 0.25) is 0 Å². The zero-order chi connectivity index (χ0) is 14.6. The molecule has 3 nitrogen and oxygen atoms in total. The minimum Gasteiger partial charge on any atom is -0.499 e. The minimum atomic E-state index is -0.326. The standard InChI is InChI=1S/C18H16O3/c1-20-16-15(17(19)21-2)11-7-3-4-8-12(11)18(16)13-9-5-6-10-14(13)18/h3-10,13-14H,1-2H3. The number of methoxy groups -OCH3 is 2. The first-order valence-electron chi connectivity index (χ1n) is 7.08. The molecule has 0 amide bonds. The van der Waals surface area contributed by atoms with Crippen molar-refractivity contribution in [1.82, 2.24) is 0 Å². The number of esters is 1. The summed E-state index contributed by atoms with van der Waals surface area (Å²) in [5.74, 6) is 1.15. The maximum Gasteiger partial charge on any atom is 0.341 e. The summed E-state index contributed by atoms with van der Waals surface area (Å²) in [5.41, 5.74) is 2.47. The normalized spacial score (nSPS) is 31.1. The molecule has 2 unspecified atom stereocenters. The maximum atomic E-state index is 12.3. The van der Waals surface area contributed by atoms with Gasteiger partial charge < -0.3 is 9.47 Å². The highest BCUT2D eigenvalue weighted by atomic mass is 16.5. The van der Waals surface area contributed by atoms with Gasteiger partial charge in [-0.25, -0.2) is 4.79 Å². The summed E-state index contributed by atoms with van der Waals surface area (Å²) in [7, 11) is 3.06. The van der Waals surface area contributed by atoms with Crippen LogP contribution in [0.1, 0.15) is 11.1 Å². The number of hydrogen-bond acceptors (Lipinski definition) is 3. The first-order valence-corrected chi connectivity index (χ1v) is 7.08. The second-order valence-corrected chi connectivity index (χ2v) is 5.64. The Labute approximate surface area is 123 Å². The monoisotopic (exact) mass is 280 g/mol. The summed E-state index contributed by atoms with van der Waals surface area (Å²) in [6.07, 6.45) is 8.56. The second-order valence-electron chi connectivity index (χ2n) is 5.64. The average molecular weight is 280 g/mol. The first-order chi connectivity index (χ1) is 10.3. The molecule has 3 aliphatic rings. The van der Waals surface area contributed by atoms with E-state index in [1.54, 1.807) is 7.11 Å². The number of fused-ring (bicyclic) bond motifs is 5. The molecule has 106 valence electrons. The van der Waals surface area contributed by atoms with Gasteiger partial charge >= 0.3 is 5.97 Å². The fourth-order valence-corrected chi connectivity index (χ4v) is 4.10. The van der Waals surface area contributed by atoms with E-state index in [4.69, 9.17) is 9.47 Å². The van der Waals surface area contributed by atoms with Crippen LogP contribution in [0.3, 0.4) is 0 Å². The number of benzene rings is 1. The van der Waals surface area contributed by atoms with Gasteiger partial charge in [-0.15, -0.1) is 0 Å². The maximum absolute atomic E-state index is 12.3. The highest BCUT2D eigenvalue weighted by Gasteiger charge is 2.70. The Morgan fingerprint density at radius 3 is 2.38 bits per heavy atom. The van der Waals surface area contributed by atoms with Crippen LogP contribution in [0.15, 0.2) is 54.3 Å². The van der Waals surface area contributed by atoms with Gasteiger partial charge in [-0.1, -0.05) is 48.6 Å². The number of allylic oxidation sites excluding steroid dienone is 5. The largest absolute Gasteiger partial charge is 0.499 e. The van der Waals surface area contributed by atoms with Crippen molar-refractivity contribution in [2.24, 2.45) is 11.8 Å². The van der Waals surface area contributed by atoms with Crippen LogP contribution in [-0.2, 0) is 19.7 Å². The molecule has 4 rings (SSSR count). The van der Waals surface area contributed by atoms with Crippen LogP contribution < -0.4 is 0 Å². The van der Waals surface area contributed by atoms with Crippen LogP contribution >= 0.6 is 0 Å². The zero-order valence-corrected chi connectivity index (χ0v) is 12.0. The molecule has 0 N–H and O–H groups in total. The lowest BCUT2D eigenvalue weighted by molar-refractivity contribution is -0.133. The predicted octanol–water partition coefficient (Wildman–Crippen LogP) is 2.84. The van der Waals surface area contributed by atoms with Crippen molar-refractivity contribution in [2.75, 3.05) is 14.2 Å². The van der Waals surface area contributed by atoms with E-state index in [0.717, 1.165) is 11.3 Å². The highest BCUT2D eigenvalue weighted by molar-refractivity contribution is 6.20. The molecule has 3 aliphatic carbocycles. The van der Waals surface area contributed by atoms with Crippen LogP contribution in [0.4, 0.5) is 0 Å². The van der Waals surface area contributed by atoms with Gasteiger partial charge in [0.1, 0.15) is 11.3 Å². The van der Waals surface area contributed by atoms with Gasteiger partial charge in [0.25, 0.3) is 0 Å². The highest BCUT2D eigenvalue weighted by Crippen LogP contribution is 2.71. The van der Waals surface area contributed by atoms with Gasteiger partial charge in [0, 0.05) is 11.8 Å². The van der Waals surface area contributed by atoms with Gasteiger partial charge in [0.2, 0.25) is 0 Å². The summed E-state index contributed by atoms with van der Waals surface area (Å²) < 4.78 is 10.7. The Morgan fingerprint density at radius 1 is 1.10 bits per heavy atom. The quantitative estimate of drug-likeness (QED) is 0.781. The van der Waals surface area contributed by atoms with Crippen molar-refractivity contribution in [2.45, 2.75) is 5.41 Å². The second kappa shape index (κ2) is 4.10. The van der Waals surface area contributed by atoms with E-state index in [1.165, 1.54) is 12.7 Å². The number of carbonyl (C=O) groups is 1. The molecule has 0 saturated heterocycles. The van der Waals surface area contributed by atoms with Crippen molar-refractivity contribution in [3.8, 4) is 0 Å². The van der Waals surface area contributed by atoms with Crippen molar-refractivity contribution in [1.29, 1.82) is 0 Å². The number of carbonyl (C=O) groups excluding carboxylic acids is 1. The smallest absolute Gasteiger partial charge is 0.341 e. The molecule has 0 bridgehead atoms. The Morgan fingerprint density at radius 2 is 1.76 bits per heavy atom. The molecule has 0 radical (unpaired) electrons. The van der Waals surface area contributed by atoms with E-state index in [9.17, 15) is 4.79 Å².